The van der Waals surface area contributed by atoms with Gasteiger partial charge in [0.1, 0.15) is 5.41 Å². The molecule has 0 aromatic rings. The highest BCUT2D eigenvalue weighted by atomic mass is 16.2. The topological polar surface area (TPSA) is 96.0 Å². The second-order valence-corrected chi connectivity index (χ2v) is 4.83. The van der Waals surface area contributed by atoms with Gasteiger partial charge in [-0.05, 0) is 26.7 Å². The smallest absolute Gasteiger partial charge is 0.240 e. The lowest BCUT2D eigenvalue weighted by molar-refractivity contribution is -0.130. The lowest BCUT2D eigenvalue weighted by Gasteiger charge is -2.26. The van der Waals surface area contributed by atoms with Gasteiger partial charge in [0.25, 0.3) is 0 Å². The summed E-state index contributed by atoms with van der Waals surface area (Å²) < 4.78 is 0. The van der Waals surface area contributed by atoms with Crippen LogP contribution in [0.4, 0.5) is 0 Å². The molecule has 0 saturated heterocycles. The summed E-state index contributed by atoms with van der Waals surface area (Å²) in [4.78, 5) is 23.0. The van der Waals surface area contributed by atoms with Gasteiger partial charge in [-0.15, -0.1) is 0 Å². The Morgan fingerprint density at radius 2 is 1.76 bits per heavy atom. The first-order valence-electron chi connectivity index (χ1n) is 5.75. The number of nitrogens with one attached hydrogen (secondary N) is 1. The van der Waals surface area contributed by atoms with Gasteiger partial charge in [0.05, 0.1) is 11.5 Å². The van der Waals surface area contributed by atoms with E-state index in [2.05, 4.69) is 11.4 Å². The Balaban J connectivity index is 4.67. The number of nitriles is 1. The second-order valence-electron chi connectivity index (χ2n) is 4.83. The molecule has 0 atom stereocenters. The molecule has 0 aromatic carbocycles. The van der Waals surface area contributed by atoms with Crippen molar-refractivity contribution in [2.45, 2.75) is 40.5 Å². The first-order valence-corrected chi connectivity index (χ1v) is 5.75. The summed E-state index contributed by atoms with van der Waals surface area (Å²) in [6, 6.07) is 2.05. The van der Waals surface area contributed by atoms with E-state index in [1.807, 2.05) is 0 Å². The van der Waals surface area contributed by atoms with Crippen LogP contribution in [-0.4, -0.2) is 18.4 Å². The molecule has 5 heteroatoms. The van der Waals surface area contributed by atoms with Crippen molar-refractivity contribution in [2.75, 3.05) is 6.54 Å². The molecule has 5 nitrogen and oxygen atoms in total. The third-order valence-corrected chi connectivity index (χ3v) is 3.21. The third-order valence-electron chi connectivity index (χ3n) is 3.21. The number of amides is 2. The summed E-state index contributed by atoms with van der Waals surface area (Å²) in [6.07, 6.45) is 0.895. The minimum absolute atomic E-state index is 0.143. The van der Waals surface area contributed by atoms with Crippen molar-refractivity contribution in [2.24, 2.45) is 16.6 Å². The molecule has 0 unspecified atom stereocenters. The lowest BCUT2D eigenvalue weighted by atomic mass is 9.82. The van der Waals surface area contributed by atoms with E-state index in [0.29, 0.717) is 12.8 Å². The summed E-state index contributed by atoms with van der Waals surface area (Å²) in [6.45, 7) is 7.05. The van der Waals surface area contributed by atoms with E-state index >= 15 is 0 Å². The van der Waals surface area contributed by atoms with Gasteiger partial charge in [-0.2, -0.15) is 5.26 Å². The Morgan fingerprint density at radius 3 is 2.06 bits per heavy atom. The van der Waals surface area contributed by atoms with Crippen molar-refractivity contribution in [3.63, 3.8) is 0 Å². The van der Waals surface area contributed by atoms with Crippen LogP contribution in [0.3, 0.4) is 0 Å². The fourth-order valence-corrected chi connectivity index (χ4v) is 1.34. The standard InChI is InChI=1S/C12H21N3O2/c1-5-12(6-2,7-13)10(17)15-8-11(3,4)9(14)16/h5-6,8H2,1-4H3,(H2,14,16)(H,15,17). The summed E-state index contributed by atoms with van der Waals surface area (Å²) >= 11 is 0. The molecule has 0 rings (SSSR count). The van der Waals surface area contributed by atoms with E-state index in [-0.39, 0.29) is 12.5 Å². The van der Waals surface area contributed by atoms with Crippen molar-refractivity contribution in [3.05, 3.63) is 0 Å². The van der Waals surface area contributed by atoms with Gasteiger partial charge in [-0.1, -0.05) is 13.8 Å². The Labute approximate surface area is 102 Å². The van der Waals surface area contributed by atoms with Crippen molar-refractivity contribution in [3.8, 4) is 6.07 Å². The predicted octanol–water partition coefficient (Wildman–Crippen LogP) is 0.944. The van der Waals surface area contributed by atoms with Crippen LogP contribution in [0.1, 0.15) is 40.5 Å². The molecule has 17 heavy (non-hydrogen) atoms. The molecular weight excluding hydrogens is 218 g/mol. The summed E-state index contributed by atoms with van der Waals surface area (Å²) in [5, 5.41) is 11.7. The predicted molar refractivity (Wildman–Crippen MR) is 64.6 cm³/mol. The molecule has 0 saturated carbocycles. The van der Waals surface area contributed by atoms with Crippen LogP contribution in [0.5, 0.6) is 0 Å². The Kier molecular flexibility index (Phi) is 5.14. The average molecular weight is 239 g/mol. The quantitative estimate of drug-likeness (QED) is 0.722. The highest BCUT2D eigenvalue weighted by Crippen LogP contribution is 2.25. The summed E-state index contributed by atoms with van der Waals surface area (Å²) in [5.74, 6) is -0.812. The van der Waals surface area contributed by atoms with Crippen molar-refractivity contribution in [1.82, 2.24) is 5.32 Å². The molecule has 96 valence electrons. The Hall–Kier alpha value is -1.57. The van der Waals surface area contributed by atoms with E-state index < -0.39 is 16.7 Å². The van der Waals surface area contributed by atoms with Gasteiger partial charge in [0.15, 0.2) is 0 Å². The summed E-state index contributed by atoms with van der Waals surface area (Å²) in [5.41, 5.74) is 3.39. The van der Waals surface area contributed by atoms with Crippen LogP contribution >= 0.6 is 0 Å². The molecule has 0 aliphatic carbocycles. The molecule has 0 aromatic heterocycles. The van der Waals surface area contributed by atoms with Crippen molar-refractivity contribution in [1.29, 1.82) is 5.26 Å². The number of nitrogens with zero attached hydrogens (tertiary/aromatic N) is 1. The maximum absolute atomic E-state index is 11.9. The van der Waals surface area contributed by atoms with Crippen LogP contribution in [0.15, 0.2) is 0 Å². The number of hydrogen-bond acceptors (Lipinski definition) is 3. The van der Waals surface area contributed by atoms with Gasteiger partial charge in [0.2, 0.25) is 11.8 Å². The van der Waals surface area contributed by atoms with Crippen LogP contribution < -0.4 is 11.1 Å². The number of carbonyl (C=O) groups excluding carboxylic acids is 2. The van der Waals surface area contributed by atoms with Gasteiger partial charge in [0, 0.05) is 6.54 Å². The maximum Gasteiger partial charge on any atom is 0.240 e. The Bertz CT molecular complexity index is 338. The molecule has 0 aliphatic heterocycles. The number of carbonyl (C=O) groups is 2. The fraction of sp³-hybridized carbons (Fsp3) is 0.750. The molecule has 2 amide bonds. The summed E-state index contributed by atoms with van der Waals surface area (Å²) in [7, 11) is 0. The number of rotatable bonds is 6. The second kappa shape index (κ2) is 5.67. The first kappa shape index (κ1) is 15.4. The molecule has 0 radical (unpaired) electrons. The third kappa shape index (κ3) is 3.45. The molecular formula is C12H21N3O2. The zero-order valence-electron chi connectivity index (χ0n) is 11.0. The molecule has 3 N–H and O–H groups in total. The largest absolute Gasteiger partial charge is 0.369 e. The van der Waals surface area contributed by atoms with Gasteiger partial charge < -0.3 is 11.1 Å². The van der Waals surface area contributed by atoms with Crippen LogP contribution in [0, 0.1) is 22.2 Å². The molecule has 0 fully saturated rings. The highest BCUT2D eigenvalue weighted by Gasteiger charge is 2.36. The maximum atomic E-state index is 11.9. The average Bonchev–Trinajstić information content (AvgIpc) is 2.29. The zero-order chi connectivity index (χ0) is 13.7. The molecule has 0 spiro atoms. The van der Waals surface area contributed by atoms with E-state index in [4.69, 9.17) is 11.0 Å². The minimum atomic E-state index is -1.01. The Morgan fingerprint density at radius 1 is 1.29 bits per heavy atom. The SMILES string of the molecule is CCC(C#N)(CC)C(=O)NCC(C)(C)C(N)=O. The van der Waals surface area contributed by atoms with Gasteiger partial charge in [-0.3, -0.25) is 9.59 Å². The number of primary amides is 1. The normalized spacial score (nSPS) is 11.7. The lowest BCUT2D eigenvalue weighted by Crippen LogP contribution is -2.47. The van der Waals surface area contributed by atoms with Crippen molar-refractivity contribution < 1.29 is 9.59 Å². The molecule has 0 bridgehead atoms. The van der Waals surface area contributed by atoms with Crippen LogP contribution in [0.2, 0.25) is 0 Å². The zero-order valence-corrected chi connectivity index (χ0v) is 11.0. The number of nitrogens with two attached hydrogens (primary N) is 1. The molecule has 0 heterocycles. The van der Waals surface area contributed by atoms with E-state index in [1.54, 1.807) is 27.7 Å². The number of hydrogen-bond donors (Lipinski definition) is 2. The van der Waals surface area contributed by atoms with E-state index in [1.165, 1.54) is 0 Å². The van der Waals surface area contributed by atoms with E-state index in [0.717, 1.165) is 0 Å². The van der Waals surface area contributed by atoms with Crippen LogP contribution in [0.25, 0.3) is 0 Å². The van der Waals surface area contributed by atoms with Crippen molar-refractivity contribution >= 4 is 11.8 Å². The van der Waals surface area contributed by atoms with Gasteiger partial charge in [-0.25, -0.2) is 0 Å². The van der Waals surface area contributed by atoms with Crippen LogP contribution in [-0.2, 0) is 9.59 Å². The minimum Gasteiger partial charge on any atom is -0.369 e. The fourth-order valence-electron chi connectivity index (χ4n) is 1.34. The molecule has 0 aliphatic rings. The van der Waals surface area contributed by atoms with Gasteiger partial charge >= 0.3 is 0 Å². The first-order chi connectivity index (χ1) is 7.75. The highest BCUT2D eigenvalue weighted by molar-refractivity contribution is 5.86. The monoisotopic (exact) mass is 239 g/mol. The van der Waals surface area contributed by atoms with E-state index in [9.17, 15) is 9.59 Å².